The lowest BCUT2D eigenvalue weighted by Crippen LogP contribution is -2.44. The van der Waals surface area contributed by atoms with Crippen molar-refractivity contribution in [3.8, 4) is 0 Å². The van der Waals surface area contributed by atoms with Crippen LogP contribution in [0.15, 0.2) is 30.3 Å². The molecule has 2 rings (SSSR count). The SMILES string of the molecule is C[C@H](c1ccccc1)N1CC[C@@H](NC(=O)[C@@H](C)S(C)(=O)=O)C1. The van der Waals surface area contributed by atoms with Crippen LogP contribution in [0.25, 0.3) is 0 Å². The molecule has 0 radical (unpaired) electrons. The molecule has 1 aromatic carbocycles. The molecular formula is C16H24N2O3S. The highest BCUT2D eigenvalue weighted by Crippen LogP contribution is 2.24. The number of hydrogen-bond donors (Lipinski definition) is 1. The summed E-state index contributed by atoms with van der Waals surface area (Å²) in [5, 5.41) is 1.87. The molecule has 5 nitrogen and oxygen atoms in total. The summed E-state index contributed by atoms with van der Waals surface area (Å²) >= 11 is 0. The minimum atomic E-state index is -3.34. The number of rotatable bonds is 5. The smallest absolute Gasteiger partial charge is 0.238 e. The summed E-state index contributed by atoms with van der Waals surface area (Å²) in [6.45, 7) is 5.23. The molecule has 1 aromatic rings. The van der Waals surface area contributed by atoms with E-state index in [9.17, 15) is 13.2 Å². The third-order valence-electron chi connectivity index (χ3n) is 4.41. The van der Waals surface area contributed by atoms with Crippen LogP contribution in [0.5, 0.6) is 0 Å². The Labute approximate surface area is 132 Å². The van der Waals surface area contributed by atoms with Gasteiger partial charge in [0.15, 0.2) is 9.84 Å². The molecule has 3 atom stereocenters. The van der Waals surface area contributed by atoms with Crippen molar-refractivity contribution in [3.05, 3.63) is 35.9 Å². The fraction of sp³-hybridized carbons (Fsp3) is 0.562. The molecule has 1 N–H and O–H groups in total. The van der Waals surface area contributed by atoms with Crippen molar-refractivity contribution in [2.24, 2.45) is 0 Å². The topological polar surface area (TPSA) is 66.5 Å². The zero-order valence-electron chi connectivity index (χ0n) is 13.3. The third-order valence-corrected chi connectivity index (χ3v) is 5.91. The summed E-state index contributed by atoms with van der Waals surface area (Å²) in [6, 6.07) is 10.5. The monoisotopic (exact) mass is 324 g/mol. The van der Waals surface area contributed by atoms with Gasteiger partial charge in [0.2, 0.25) is 5.91 Å². The predicted molar refractivity (Wildman–Crippen MR) is 87.3 cm³/mol. The van der Waals surface area contributed by atoms with Crippen LogP contribution in [0.2, 0.25) is 0 Å². The van der Waals surface area contributed by atoms with E-state index in [0.717, 1.165) is 25.8 Å². The van der Waals surface area contributed by atoms with Gasteiger partial charge in [-0.25, -0.2) is 8.42 Å². The summed E-state index contributed by atoms with van der Waals surface area (Å²) < 4.78 is 22.9. The van der Waals surface area contributed by atoms with Crippen LogP contribution < -0.4 is 5.32 Å². The second kappa shape index (κ2) is 6.79. The van der Waals surface area contributed by atoms with Crippen LogP contribution in [-0.4, -0.2) is 49.9 Å². The van der Waals surface area contributed by atoms with Gasteiger partial charge in [-0.1, -0.05) is 30.3 Å². The molecule has 1 fully saturated rings. The molecule has 1 amide bonds. The van der Waals surface area contributed by atoms with Crippen LogP contribution in [0.1, 0.15) is 31.9 Å². The van der Waals surface area contributed by atoms with Crippen LogP contribution in [0, 0.1) is 0 Å². The minimum absolute atomic E-state index is 0.0165. The Kier molecular flexibility index (Phi) is 5.24. The molecule has 6 heteroatoms. The number of sulfone groups is 1. The Morgan fingerprint density at radius 1 is 1.27 bits per heavy atom. The van der Waals surface area contributed by atoms with Gasteiger partial charge in [0, 0.05) is 31.4 Å². The van der Waals surface area contributed by atoms with Crippen LogP contribution in [-0.2, 0) is 14.6 Å². The maximum Gasteiger partial charge on any atom is 0.238 e. The molecule has 0 saturated carbocycles. The highest BCUT2D eigenvalue weighted by Gasteiger charge is 2.31. The van der Waals surface area contributed by atoms with Crippen LogP contribution in [0.4, 0.5) is 0 Å². The first-order valence-corrected chi connectivity index (χ1v) is 9.52. The van der Waals surface area contributed by atoms with Gasteiger partial charge < -0.3 is 5.32 Å². The van der Waals surface area contributed by atoms with Crippen molar-refractivity contribution < 1.29 is 13.2 Å². The van der Waals surface area contributed by atoms with Crippen molar-refractivity contribution in [3.63, 3.8) is 0 Å². The number of hydrogen-bond acceptors (Lipinski definition) is 4. The third kappa shape index (κ3) is 4.08. The van der Waals surface area contributed by atoms with E-state index in [1.54, 1.807) is 0 Å². The molecule has 1 aliphatic heterocycles. The number of nitrogens with one attached hydrogen (secondary N) is 1. The molecule has 0 aromatic heterocycles. The first kappa shape index (κ1) is 17.0. The van der Waals surface area contributed by atoms with Crippen molar-refractivity contribution in [2.45, 2.75) is 37.6 Å². The lowest BCUT2D eigenvalue weighted by molar-refractivity contribution is -0.121. The van der Waals surface area contributed by atoms with Gasteiger partial charge in [-0.2, -0.15) is 0 Å². The molecule has 0 aliphatic carbocycles. The quantitative estimate of drug-likeness (QED) is 0.888. The molecule has 1 heterocycles. The Hall–Kier alpha value is -1.40. The number of benzene rings is 1. The Morgan fingerprint density at radius 2 is 1.91 bits per heavy atom. The number of likely N-dealkylation sites (tertiary alicyclic amines) is 1. The Bertz CT molecular complexity index is 616. The molecule has 0 unspecified atom stereocenters. The van der Waals surface area contributed by atoms with E-state index in [0.29, 0.717) is 0 Å². The molecular weight excluding hydrogens is 300 g/mol. The van der Waals surface area contributed by atoms with Gasteiger partial charge >= 0.3 is 0 Å². The first-order valence-electron chi connectivity index (χ1n) is 7.57. The number of carbonyl (C=O) groups is 1. The van der Waals surface area contributed by atoms with E-state index in [2.05, 4.69) is 29.3 Å². The molecule has 0 bridgehead atoms. The van der Waals surface area contributed by atoms with E-state index in [4.69, 9.17) is 0 Å². The number of amides is 1. The lowest BCUT2D eigenvalue weighted by Gasteiger charge is -2.25. The van der Waals surface area contributed by atoms with Gasteiger partial charge in [0.05, 0.1) is 0 Å². The average Bonchev–Trinajstić information content (AvgIpc) is 2.94. The van der Waals surface area contributed by atoms with E-state index < -0.39 is 21.0 Å². The number of nitrogens with zero attached hydrogens (tertiary/aromatic N) is 1. The second-order valence-electron chi connectivity index (χ2n) is 6.05. The predicted octanol–water partition coefficient (Wildman–Crippen LogP) is 1.37. The normalized spacial score (nSPS) is 22.2. The van der Waals surface area contributed by atoms with Crippen LogP contribution in [0.3, 0.4) is 0 Å². The lowest BCUT2D eigenvalue weighted by atomic mass is 10.1. The van der Waals surface area contributed by atoms with Gasteiger partial charge in [-0.15, -0.1) is 0 Å². The molecule has 122 valence electrons. The van der Waals surface area contributed by atoms with Gasteiger partial charge in [-0.3, -0.25) is 9.69 Å². The van der Waals surface area contributed by atoms with Crippen molar-refractivity contribution in [1.29, 1.82) is 0 Å². The van der Waals surface area contributed by atoms with Crippen LogP contribution >= 0.6 is 0 Å². The molecule has 1 saturated heterocycles. The van der Waals surface area contributed by atoms with E-state index in [1.807, 2.05) is 18.2 Å². The zero-order chi connectivity index (χ0) is 16.3. The van der Waals surface area contributed by atoms with Gasteiger partial charge in [0.1, 0.15) is 5.25 Å². The van der Waals surface area contributed by atoms with Crippen molar-refractivity contribution in [1.82, 2.24) is 10.2 Å². The summed E-state index contributed by atoms with van der Waals surface area (Å²) in [5.74, 6) is -0.401. The van der Waals surface area contributed by atoms with E-state index in [1.165, 1.54) is 12.5 Å². The fourth-order valence-corrected chi connectivity index (χ4v) is 3.17. The Balaban J connectivity index is 1.92. The summed E-state index contributed by atoms with van der Waals surface area (Å²) in [6.07, 6.45) is 1.94. The molecule has 0 spiro atoms. The highest BCUT2D eigenvalue weighted by atomic mass is 32.2. The summed E-state index contributed by atoms with van der Waals surface area (Å²) in [4.78, 5) is 14.3. The average molecular weight is 324 g/mol. The highest BCUT2D eigenvalue weighted by molar-refractivity contribution is 7.92. The maximum absolute atomic E-state index is 12.0. The zero-order valence-corrected chi connectivity index (χ0v) is 14.1. The van der Waals surface area contributed by atoms with E-state index >= 15 is 0 Å². The standard InChI is InChI=1S/C16H24N2O3S/c1-12(14-7-5-4-6-8-14)18-10-9-15(11-18)17-16(19)13(2)22(3,20)21/h4-8,12-13,15H,9-11H2,1-3H3,(H,17,19)/t12-,13-,15-/m1/s1. The second-order valence-corrected chi connectivity index (χ2v) is 8.41. The van der Waals surface area contributed by atoms with Gasteiger partial charge in [0.25, 0.3) is 0 Å². The summed E-state index contributed by atoms with van der Waals surface area (Å²) in [5.41, 5.74) is 1.25. The van der Waals surface area contributed by atoms with E-state index in [-0.39, 0.29) is 12.1 Å². The number of carbonyl (C=O) groups excluding carboxylic acids is 1. The Morgan fingerprint density at radius 3 is 2.50 bits per heavy atom. The molecule has 1 aliphatic rings. The maximum atomic E-state index is 12.0. The minimum Gasteiger partial charge on any atom is -0.351 e. The first-order chi connectivity index (χ1) is 10.3. The fourth-order valence-electron chi connectivity index (χ4n) is 2.71. The summed E-state index contributed by atoms with van der Waals surface area (Å²) in [7, 11) is -3.34. The molecule has 22 heavy (non-hydrogen) atoms. The largest absolute Gasteiger partial charge is 0.351 e. The van der Waals surface area contributed by atoms with Gasteiger partial charge in [-0.05, 0) is 25.8 Å². The van der Waals surface area contributed by atoms with Crippen molar-refractivity contribution >= 4 is 15.7 Å². The van der Waals surface area contributed by atoms with Crippen molar-refractivity contribution in [2.75, 3.05) is 19.3 Å².